The fourth-order valence-corrected chi connectivity index (χ4v) is 2.87. The van der Waals surface area contributed by atoms with E-state index in [0.717, 1.165) is 37.0 Å². The standard InChI is InChI=1S/C15H17NO3/c17-15(18)7-11-5-6-16(8-11)9-12-10-19-14-4-2-1-3-13(12)14/h1-4,10-11H,5-9H2,(H,17,18). The summed E-state index contributed by atoms with van der Waals surface area (Å²) in [7, 11) is 0. The Hall–Kier alpha value is -1.81. The molecule has 3 rings (SSSR count). The molecule has 1 N–H and O–H groups in total. The Labute approximate surface area is 111 Å². The average Bonchev–Trinajstić information content (AvgIpc) is 2.97. The molecule has 4 nitrogen and oxygen atoms in total. The molecule has 1 aromatic heterocycles. The van der Waals surface area contributed by atoms with Crippen LogP contribution in [0.25, 0.3) is 11.0 Å². The third kappa shape index (κ3) is 2.63. The molecule has 0 spiro atoms. The van der Waals surface area contributed by atoms with Gasteiger partial charge in [-0.05, 0) is 24.9 Å². The first-order valence-corrected chi connectivity index (χ1v) is 6.61. The molecule has 1 atom stereocenters. The van der Waals surface area contributed by atoms with E-state index < -0.39 is 5.97 Å². The number of carboxylic acids is 1. The average molecular weight is 259 g/mol. The maximum absolute atomic E-state index is 10.7. The molecule has 0 bridgehead atoms. The number of likely N-dealkylation sites (tertiary alicyclic amines) is 1. The van der Waals surface area contributed by atoms with Gasteiger partial charge in [-0.2, -0.15) is 0 Å². The summed E-state index contributed by atoms with van der Waals surface area (Å²) in [6, 6.07) is 8.02. The van der Waals surface area contributed by atoms with Crippen molar-refractivity contribution in [1.29, 1.82) is 0 Å². The van der Waals surface area contributed by atoms with Crippen LogP contribution in [0.15, 0.2) is 34.9 Å². The van der Waals surface area contributed by atoms with Crippen LogP contribution in [-0.2, 0) is 11.3 Å². The van der Waals surface area contributed by atoms with Gasteiger partial charge in [-0.1, -0.05) is 18.2 Å². The van der Waals surface area contributed by atoms with Gasteiger partial charge in [-0.3, -0.25) is 9.69 Å². The second-order valence-corrected chi connectivity index (χ2v) is 5.24. The number of hydrogen-bond acceptors (Lipinski definition) is 3. The summed E-state index contributed by atoms with van der Waals surface area (Å²) in [4.78, 5) is 13.0. The van der Waals surface area contributed by atoms with Crippen LogP contribution in [-0.4, -0.2) is 29.1 Å². The number of fused-ring (bicyclic) bond motifs is 1. The summed E-state index contributed by atoms with van der Waals surface area (Å²) in [5.41, 5.74) is 2.10. The zero-order valence-electron chi connectivity index (χ0n) is 10.7. The van der Waals surface area contributed by atoms with Crippen molar-refractivity contribution in [3.8, 4) is 0 Å². The van der Waals surface area contributed by atoms with E-state index in [1.807, 2.05) is 24.5 Å². The minimum atomic E-state index is -0.694. The molecule has 1 aromatic carbocycles. The van der Waals surface area contributed by atoms with E-state index in [2.05, 4.69) is 11.0 Å². The first-order valence-electron chi connectivity index (χ1n) is 6.61. The van der Waals surface area contributed by atoms with Crippen molar-refractivity contribution in [2.75, 3.05) is 13.1 Å². The Bertz CT molecular complexity index is 590. The van der Waals surface area contributed by atoms with Crippen molar-refractivity contribution in [3.05, 3.63) is 36.1 Å². The molecule has 0 aliphatic carbocycles. The molecule has 4 heteroatoms. The molecule has 2 heterocycles. The Morgan fingerprint density at radius 1 is 1.42 bits per heavy atom. The molecular weight excluding hydrogens is 242 g/mol. The lowest BCUT2D eigenvalue weighted by atomic mass is 10.1. The van der Waals surface area contributed by atoms with E-state index in [0.29, 0.717) is 0 Å². The van der Waals surface area contributed by atoms with Crippen LogP contribution in [0.1, 0.15) is 18.4 Å². The molecule has 0 saturated carbocycles. The second-order valence-electron chi connectivity index (χ2n) is 5.24. The summed E-state index contributed by atoms with van der Waals surface area (Å²) in [5.74, 6) is -0.406. The zero-order valence-corrected chi connectivity index (χ0v) is 10.7. The third-order valence-corrected chi connectivity index (χ3v) is 3.79. The number of carbonyl (C=O) groups is 1. The molecule has 1 unspecified atom stereocenters. The van der Waals surface area contributed by atoms with E-state index in [9.17, 15) is 4.79 Å². The summed E-state index contributed by atoms with van der Waals surface area (Å²) < 4.78 is 5.53. The first kappa shape index (κ1) is 12.2. The van der Waals surface area contributed by atoms with Gasteiger partial charge in [-0.15, -0.1) is 0 Å². The Morgan fingerprint density at radius 2 is 2.26 bits per heavy atom. The van der Waals surface area contributed by atoms with Crippen molar-refractivity contribution in [2.45, 2.75) is 19.4 Å². The monoisotopic (exact) mass is 259 g/mol. The summed E-state index contributed by atoms with van der Waals surface area (Å²) in [6.07, 6.45) is 3.07. The number of carboxylic acid groups (broad SMARTS) is 1. The number of benzene rings is 1. The van der Waals surface area contributed by atoms with Crippen molar-refractivity contribution in [3.63, 3.8) is 0 Å². The maximum Gasteiger partial charge on any atom is 0.303 e. The zero-order chi connectivity index (χ0) is 13.2. The molecule has 1 aliphatic heterocycles. The molecular formula is C15H17NO3. The number of para-hydroxylation sites is 1. The lowest BCUT2D eigenvalue weighted by molar-refractivity contribution is -0.138. The van der Waals surface area contributed by atoms with Gasteiger partial charge in [0.25, 0.3) is 0 Å². The topological polar surface area (TPSA) is 53.7 Å². The largest absolute Gasteiger partial charge is 0.481 e. The number of aliphatic carboxylic acids is 1. The van der Waals surface area contributed by atoms with Gasteiger partial charge in [-0.25, -0.2) is 0 Å². The Morgan fingerprint density at radius 3 is 3.11 bits per heavy atom. The Kier molecular flexibility index (Phi) is 3.25. The van der Waals surface area contributed by atoms with E-state index in [4.69, 9.17) is 9.52 Å². The number of furan rings is 1. The Balaban J connectivity index is 1.68. The fraction of sp³-hybridized carbons (Fsp3) is 0.400. The van der Waals surface area contributed by atoms with Gasteiger partial charge in [0, 0.05) is 30.5 Å². The molecule has 1 aliphatic rings. The van der Waals surface area contributed by atoms with Crippen LogP contribution in [0.5, 0.6) is 0 Å². The van der Waals surface area contributed by atoms with Crippen molar-refractivity contribution in [1.82, 2.24) is 4.90 Å². The second kappa shape index (κ2) is 5.05. The van der Waals surface area contributed by atoms with E-state index in [-0.39, 0.29) is 12.3 Å². The molecule has 0 radical (unpaired) electrons. The number of hydrogen-bond donors (Lipinski definition) is 1. The number of rotatable bonds is 4. The minimum Gasteiger partial charge on any atom is -0.481 e. The van der Waals surface area contributed by atoms with E-state index in [1.165, 1.54) is 5.56 Å². The highest BCUT2D eigenvalue weighted by atomic mass is 16.4. The van der Waals surface area contributed by atoms with Crippen LogP contribution in [0, 0.1) is 5.92 Å². The summed E-state index contributed by atoms with van der Waals surface area (Å²) in [5, 5.41) is 9.98. The van der Waals surface area contributed by atoms with Gasteiger partial charge in [0.15, 0.2) is 0 Å². The smallest absolute Gasteiger partial charge is 0.303 e. The molecule has 1 fully saturated rings. The minimum absolute atomic E-state index is 0.280. The molecule has 2 aromatic rings. The van der Waals surface area contributed by atoms with Crippen molar-refractivity contribution >= 4 is 16.9 Å². The quantitative estimate of drug-likeness (QED) is 0.917. The summed E-state index contributed by atoms with van der Waals surface area (Å²) >= 11 is 0. The lowest BCUT2D eigenvalue weighted by Crippen LogP contribution is -2.20. The maximum atomic E-state index is 10.7. The first-order chi connectivity index (χ1) is 9.22. The molecule has 1 saturated heterocycles. The fourth-order valence-electron chi connectivity index (χ4n) is 2.87. The predicted molar refractivity (Wildman–Crippen MR) is 71.9 cm³/mol. The van der Waals surface area contributed by atoms with Crippen LogP contribution in [0.4, 0.5) is 0 Å². The molecule has 0 amide bonds. The highest BCUT2D eigenvalue weighted by molar-refractivity contribution is 5.80. The van der Waals surface area contributed by atoms with E-state index >= 15 is 0 Å². The van der Waals surface area contributed by atoms with Gasteiger partial charge in [0.2, 0.25) is 0 Å². The van der Waals surface area contributed by atoms with Crippen molar-refractivity contribution in [2.24, 2.45) is 5.92 Å². The van der Waals surface area contributed by atoms with Gasteiger partial charge in [0.05, 0.1) is 6.26 Å². The van der Waals surface area contributed by atoms with E-state index in [1.54, 1.807) is 0 Å². The lowest BCUT2D eigenvalue weighted by Gasteiger charge is -2.14. The van der Waals surface area contributed by atoms with Crippen LogP contribution in [0.3, 0.4) is 0 Å². The highest BCUT2D eigenvalue weighted by Gasteiger charge is 2.25. The van der Waals surface area contributed by atoms with Crippen LogP contribution in [0.2, 0.25) is 0 Å². The summed E-state index contributed by atoms with van der Waals surface area (Å²) in [6.45, 7) is 2.68. The third-order valence-electron chi connectivity index (χ3n) is 3.79. The van der Waals surface area contributed by atoms with Crippen LogP contribution < -0.4 is 0 Å². The number of nitrogens with zero attached hydrogens (tertiary/aromatic N) is 1. The van der Waals surface area contributed by atoms with Gasteiger partial charge in [0.1, 0.15) is 5.58 Å². The van der Waals surface area contributed by atoms with Crippen molar-refractivity contribution < 1.29 is 14.3 Å². The molecule has 19 heavy (non-hydrogen) atoms. The molecule has 100 valence electrons. The normalized spacial score (nSPS) is 20.1. The predicted octanol–water partition coefficient (Wildman–Crippen LogP) is 2.73. The SMILES string of the molecule is O=C(O)CC1CCN(Cc2coc3ccccc23)C1. The van der Waals surface area contributed by atoms with Gasteiger partial charge < -0.3 is 9.52 Å². The van der Waals surface area contributed by atoms with Gasteiger partial charge >= 0.3 is 5.97 Å². The highest BCUT2D eigenvalue weighted by Crippen LogP contribution is 2.26. The van der Waals surface area contributed by atoms with Crippen LogP contribution >= 0.6 is 0 Å².